The molecule has 0 spiro atoms. The summed E-state index contributed by atoms with van der Waals surface area (Å²) < 4.78 is 5.69. The zero-order valence-corrected chi connectivity index (χ0v) is 18.7. The Bertz CT molecular complexity index is 1170. The van der Waals surface area contributed by atoms with Crippen LogP contribution in [0, 0.1) is 0 Å². The number of phenols is 2. The van der Waals surface area contributed by atoms with E-state index >= 15 is 0 Å². The number of H-pyrrole nitrogens is 1. The molecular formula is C21H19BrClN3O5. The fourth-order valence-corrected chi connectivity index (χ4v) is 4.46. The van der Waals surface area contributed by atoms with Gasteiger partial charge in [0.1, 0.15) is 17.1 Å². The van der Waals surface area contributed by atoms with E-state index in [1.54, 1.807) is 29.2 Å². The molecule has 1 atom stereocenters. The van der Waals surface area contributed by atoms with Crippen molar-refractivity contribution in [2.24, 2.45) is 0 Å². The van der Waals surface area contributed by atoms with Crippen molar-refractivity contribution in [3.8, 4) is 28.5 Å². The maximum absolute atomic E-state index is 13.2. The van der Waals surface area contributed by atoms with Crippen molar-refractivity contribution in [1.82, 2.24) is 15.1 Å². The van der Waals surface area contributed by atoms with Gasteiger partial charge < -0.3 is 25.0 Å². The third kappa shape index (κ3) is 3.62. The highest BCUT2D eigenvalue weighted by Gasteiger charge is 2.42. The Hall–Kier alpha value is -2.75. The highest BCUT2D eigenvalue weighted by molar-refractivity contribution is 9.10. The van der Waals surface area contributed by atoms with E-state index in [4.69, 9.17) is 16.3 Å². The number of halogens is 2. The molecule has 10 heteroatoms. The van der Waals surface area contributed by atoms with Crippen LogP contribution in [0.5, 0.6) is 17.2 Å². The third-order valence-electron chi connectivity index (χ3n) is 5.22. The van der Waals surface area contributed by atoms with Gasteiger partial charge in [-0.1, -0.05) is 11.6 Å². The quantitative estimate of drug-likeness (QED) is 0.402. The minimum Gasteiger partial charge on any atom is -0.507 e. The normalized spacial score (nSPS) is 15.4. The smallest absolute Gasteiger partial charge is 0.273 e. The van der Waals surface area contributed by atoms with Crippen molar-refractivity contribution < 1.29 is 24.9 Å². The number of rotatable bonds is 6. The maximum atomic E-state index is 13.2. The van der Waals surface area contributed by atoms with Gasteiger partial charge in [0.15, 0.2) is 11.5 Å². The standard InChI is InChI=1S/C21H19BrClN3O5/c1-31-15-8-10(7-13(22)20(15)29)19-16-17(12-9-11(23)3-4-14(12)28)24-25-18(16)21(30)26(19)5-2-6-27/h3-4,7-9,19,27-29H,2,5-6H2,1H3,(H,24,25). The molecule has 162 valence electrons. The Kier molecular flexibility index (Phi) is 5.83. The van der Waals surface area contributed by atoms with Crippen LogP contribution in [0.1, 0.15) is 34.1 Å². The first-order valence-electron chi connectivity index (χ1n) is 9.42. The zero-order chi connectivity index (χ0) is 22.3. The third-order valence-corrected chi connectivity index (χ3v) is 6.06. The number of carbonyl (C=O) groups is 1. The first-order chi connectivity index (χ1) is 14.9. The Labute approximate surface area is 191 Å². The summed E-state index contributed by atoms with van der Waals surface area (Å²) >= 11 is 9.47. The zero-order valence-electron chi connectivity index (χ0n) is 16.4. The molecule has 0 aliphatic carbocycles. The number of carbonyl (C=O) groups excluding carboxylic acids is 1. The van der Waals surface area contributed by atoms with Crippen molar-refractivity contribution in [3.05, 3.63) is 56.6 Å². The average molecular weight is 509 g/mol. The Morgan fingerprint density at radius 1 is 1.29 bits per heavy atom. The second-order valence-electron chi connectivity index (χ2n) is 7.05. The number of aromatic amines is 1. The summed E-state index contributed by atoms with van der Waals surface area (Å²) in [5, 5.41) is 37.5. The number of fused-ring (bicyclic) bond motifs is 1. The van der Waals surface area contributed by atoms with Gasteiger partial charge in [-0.3, -0.25) is 9.89 Å². The molecule has 0 saturated carbocycles. The molecule has 1 unspecified atom stereocenters. The van der Waals surface area contributed by atoms with Gasteiger partial charge in [0, 0.05) is 29.3 Å². The molecular weight excluding hydrogens is 490 g/mol. The molecule has 2 aromatic carbocycles. The number of aliphatic hydroxyl groups excluding tert-OH is 1. The minimum atomic E-state index is -0.591. The summed E-state index contributed by atoms with van der Waals surface area (Å²) in [5.74, 6) is -0.124. The minimum absolute atomic E-state index is 0.0248. The number of nitrogens with one attached hydrogen (secondary N) is 1. The number of phenolic OH excluding ortho intramolecular Hbond substituents is 2. The Balaban J connectivity index is 1.94. The largest absolute Gasteiger partial charge is 0.507 e. The van der Waals surface area contributed by atoms with Crippen LogP contribution >= 0.6 is 27.5 Å². The van der Waals surface area contributed by atoms with Crippen molar-refractivity contribution >= 4 is 33.4 Å². The van der Waals surface area contributed by atoms with Gasteiger partial charge in [0.25, 0.3) is 5.91 Å². The molecule has 0 saturated heterocycles. The highest BCUT2D eigenvalue weighted by Crippen LogP contribution is 2.47. The van der Waals surface area contributed by atoms with Crippen LogP contribution in [-0.4, -0.2) is 56.6 Å². The van der Waals surface area contributed by atoms with Crippen molar-refractivity contribution in [2.45, 2.75) is 12.5 Å². The summed E-state index contributed by atoms with van der Waals surface area (Å²) in [4.78, 5) is 14.8. The Morgan fingerprint density at radius 2 is 2.06 bits per heavy atom. The van der Waals surface area contributed by atoms with E-state index in [0.29, 0.717) is 50.5 Å². The molecule has 1 aliphatic rings. The number of aliphatic hydroxyl groups is 1. The van der Waals surface area contributed by atoms with Gasteiger partial charge in [-0.2, -0.15) is 5.10 Å². The molecule has 1 aromatic heterocycles. The Morgan fingerprint density at radius 3 is 2.77 bits per heavy atom. The first kappa shape index (κ1) is 21.5. The molecule has 2 heterocycles. The van der Waals surface area contributed by atoms with E-state index in [2.05, 4.69) is 26.1 Å². The van der Waals surface area contributed by atoms with Crippen LogP contribution in [0.15, 0.2) is 34.8 Å². The van der Waals surface area contributed by atoms with Gasteiger partial charge >= 0.3 is 0 Å². The summed E-state index contributed by atoms with van der Waals surface area (Å²) in [6, 6.07) is 7.36. The number of benzene rings is 2. The molecule has 3 aromatic rings. The maximum Gasteiger partial charge on any atom is 0.273 e. The highest BCUT2D eigenvalue weighted by atomic mass is 79.9. The molecule has 4 N–H and O–H groups in total. The fraction of sp³-hybridized carbons (Fsp3) is 0.238. The van der Waals surface area contributed by atoms with Crippen molar-refractivity contribution in [2.75, 3.05) is 20.3 Å². The van der Waals surface area contributed by atoms with Crippen LogP contribution in [-0.2, 0) is 0 Å². The summed E-state index contributed by atoms with van der Waals surface area (Å²) in [7, 11) is 1.44. The number of methoxy groups -OCH3 is 1. The number of aromatic nitrogens is 2. The van der Waals surface area contributed by atoms with Crippen molar-refractivity contribution in [1.29, 1.82) is 0 Å². The molecule has 31 heavy (non-hydrogen) atoms. The van der Waals surface area contributed by atoms with Gasteiger partial charge in [-0.05, 0) is 58.2 Å². The lowest BCUT2D eigenvalue weighted by Crippen LogP contribution is -2.31. The molecule has 0 fully saturated rings. The van der Waals surface area contributed by atoms with Crippen LogP contribution < -0.4 is 4.74 Å². The number of hydrogen-bond acceptors (Lipinski definition) is 6. The van der Waals surface area contributed by atoms with Crippen LogP contribution in [0.2, 0.25) is 5.02 Å². The topological polar surface area (TPSA) is 119 Å². The molecule has 0 radical (unpaired) electrons. The predicted octanol–water partition coefficient (Wildman–Crippen LogP) is 3.84. The lowest BCUT2D eigenvalue weighted by atomic mass is 9.95. The number of nitrogens with zero attached hydrogens (tertiary/aromatic N) is 2. The van der Waals surface area contributed by atoms with Crippen molar-refractivity contribution in [3.63, 3.8) is 0 Å². The monoisotopic (exact) mass is 507 g/mol. The molecule has 8 nitrogen and oxygen atoms in total. The predicted molar refractivity (Wildman–Crippen MR) is 118 cm³/mol. The number of ether oxygens (including phenoxy) is 1. The van der Waals surface area contributed by atoms with E-state index in [1.807, 2.05) is 0 Å². The average Bonchev–Trinajstić information content (AvgIpc) is 3.29. The molecule has 1 aliphatic heterocycles. The summed E-state index contributed by atoms with van der Waals surface area (Å²) in [6.45, 7) is 0.220. The second kappa shape index (κ2) is 8.41. The van der Waals surface area contributed by atoms with E-state index in [1.165, 1.54) is 13.2 Å². The summed E-state index contributed by atoms with van der Waals surface area (Å²) in [6.07, 6.45) is 0.383. The molecule has 0 bridgehead atoms. The molecule has 4 rings (SSSR count). The number of amides is 1. The lowest BCUT2D eigenvalue weighted by Gasteiger charge is -2.27. The number of aromatic hydroxyl groups is 2. The number of hydrogen-bond donors (Lipinski definition) is 4. The SMILES string of the molecule is COc1cc(C2c3c(-c4cc(Cl)ccc4O)n[nH]c3C(=O)N2CCCO)cc(Br)c1O. The van der Waals surface area contributed by atoms with E-state index < -0.39 is 6.04 Å². The van der Waals surface area contributed by atoms with E-state index in [-0.39, 0.29) is 29.8 Å². The van der Waals surface area contributed by atoms with Gasteiger partial charge in [0.05, 0.1) is 17.6 Å². The van der Waals surface area contributed by atoms with Gasteiger partial charge in [0.2, 0.25) is 0 Å². The van der Waals surface area contributed by atoms with Gasteiger partial charge in [-0.15, -0.1) is 0 Å². The first-order valence-corrected chi connectivity index (χ1v) is 10.6. The van der Waals surface area contributed by atoms with Crippen LogP contribution in [0.25, 0.3) is 11.3 Å². The van der Waals surface area contributed by atoms with E-state index in [9.17, 15) is 20.1 Å². The summed E-state index contributed by atoms with van der Waals surface area (Å²) in [5.41, 5.74) is 2.30. The van der Waals surface area contributed by atoms with Crippen LogP contribution in [0.4, 0.5) is 0 Å². The van der Waals surface area contributed by atoms with Crippen LogP contribution in [0.3, 0.4) is 0 Å². The fourth-order valence-electron chi connectivity index (χ4n) is 3.83. The molecule has 1 amide bonds. The van der Waals surface area contributed by atoms with E-state index in [0.717, 1.165) is 0 Å². The lowest BCUT2D eigenvalue weighted by molar-refractivity contribution is 0.0732. The second-order valence-corrected chi connectivity index (χ2v) is 8.34. The van der Waals surface area contributed by atoms with Gasteiger partial charge in [-0.25, -0.2) is 0 Å².